The fraction of sp³-hybridized carbons (Fsp3) is 0.318. The Morgan fingerprint density at radius 1 is 0.882 bits per heavy atom. The van der Waals surface area contributed by atoms with Crippen molar-refractivity contribution in [2.45, 2.75) is 37.6 Å². The second-order valence-electron chi connectivity index (χ2n) is 7.77. The summed E-state index contributed by atoms with van der Waals surface area (Å²) in [5.74, 6) is -3.63. The van der Waals surface area contributed by atoms with Crippen molar-refractivity contribution in [1.82, 2.24) is 0 Å². The molecule has 1 fully saturated rings. The Kier molecular flexibility index (Phi) is 5.91. The fourth-order valence-electron chi connectivity index (χ4n) is 3.63. The van der Waals surface area contributed by atoms with Crippen LogP contribution in [0.2, 0.25) is 0 Å². The van der Waals surface area contributed by atoms with E-state index >= 15 is 0 Å². The van der Waals surface area contributed by atoms with Crippen molar-refractivity contribution in [2.24, 2.45) is 0 Å². The number of methoxy groups -OCH3 is 1. The molecule has 0 spiro atoms. The van der Waals surface area contributed by atoms with Gasteiger partial charge in [-0.05, 0) is 19.1 Å². The summed E-state index contributed by atoms with van der Waals surface area (Å²) in [5.41, 5.74) is -1.19. The lowest BCUT2D eigenvalue weighted by Gasteiger charge is -2.38. The van der Waals surface area contributed by atoms with E-state index in [-0.39, 0.29) is 28.0 Å². The van der Waals surface area contributed by atoms with Gasteiger partial charge in [0.05, 0.1) is 13.2 Å². The molecule has 1 saturated heterocycles. The number of aromatic hydroxyl groups is 4. The van der Waals surface area contributed by atoms with Gasteiger partial charge in [-0.1, -0.05) is 0 Å². The highest BCUT2D eigenvalue weighted by atomic mass is 16.7. The highest BCUT2D eigenvalue weighted by Gasteiger charge is 2.44. The number of hydrogen-bond acceptors (Lipinski definition) is 12. The van der Waals surface area contributed by atoms with E-state index in [2.05, 4.69) is 0 Å². The van der Waals surface area contributed by atoms with Crippen LogP contribution >= 0.6 is 0 Å². The molecule has 5 atom stereocenters. The van der Waals surface area contributed by atoms with Crippen LogP contribution in [0.15, 0.2) is 33.5 Å². The van der Waals surface area contributed by atoms with Gasteiger partial charge in [-0.3, -0.25) is 4.79 Å². The summed E-state index contributed by atoms with van der Waals surface area (Å²) in [6.45, 7) is 1.41. The normalized spacial score (nSPS) is 24.8. The summed E-state index contributed by atoms with van der Waals surface area (Å²) in [6.07, 6.45) is -7.50. The SMILES string of the molecule is COc1cc(O)c2c(=O)c(O[C@@H]3O[C@@H](C)[C@H](O)[C@@H](O)[C@@H]3O)c(-c3cc(O)c(O)c(O)c3)oc2c1. The van der Waals surface area contributed by atoms with E-state index in [1.54, 1.807) is 0 Å². The zero-order valence-electron chi connectivity index (χ0n) is 17.9. The number of benzene rings is 2. The molecule has 0 unspecified atom stereocenters. The second kappa shape index (κ2) is 8.57. The Morgan fingerprint density at radius 3 is 2.15 bits per heavy atom. The first-order valence-electron chi connectivity index (χ1n) is 10.0. The quantitative estimate of drug-likeness (QED) is 0.257. The predicted octanol–water partition coefficient (Wildman–Crippen LogP) is 0.497. The van der Waals surface area contributed by atoms with Gasteiger partial charge in [0.15, 0.2) is 23.0 Å². The number of rotatable bonds is 4. The Labute approximate surface area is 191 Å². The smallest absolute Gasteiger partial charge is 0.239 e. The van der Waals surface area contributed by atoms with Gasteiger partial charge in [0.25, 0.3) is 0 Å². The number of ether oxygens (including phenoxy) is 3. The monoisotopic (exact) mass is 478 g/mol. The molecule has 0 bridgehead atoms. The van der Waals surface area contributed by atoms with Crippen LogP contribution in [-0.4, -0.2) is 73.6 Å². The third kappa shape index (κ3) is 3.82. The van der Waals surface area contributed by atoms with Gasteiger partial charge in [0.1, 0.15) is 40.8 Å². The molecule has 7 N–H and O–H groups in total. The molecule has 0 amide bonds. The number of phenols is 4. The molecule has 4 rings (SSSR count). The number of aliphatic hydroxyl groups excluding tert-OH is 3. The zero-order chi connectivity index (χ0) is 24.9. The highest BCUT2D eigenvalue weighted by Crippen LogP contribution is 2.43. The van der Waals surface area contributed by atoms with E-state index in [1.165, 1.54) is 20.1 Å². The van der Waals surface area contributed by atoms with E-state index in [1.807, 2.05) is 0 Å². The van der Waals surface area contributed by atoms with Crippen LogP contribution in [-0.2, 0) is 4.74 Å². The molecule has 0 saturated carbocycles. The summed E-state index contributed by atoms with van der Waals surface area (Å²) in [4.78, 5) is 13.4. The van der Waals surface area contributed by atoms with Gasteiger partial charge >= 0.3 is 0 Å². The number of aliphatic hydroxyl groups is 3. The van der Waals surface area contributed by atoms with Crippen molar-refractivity contribution in [3.05, 3.63) is 34.5 Å². The Morgan fingerprint density at radius 2 is 1.53 bits per heavy atom. The van der Waals surface area contributed by atoms with Gasteiger partial charge in [-0.25, -0.2) is 0 Å². The topological polar surface area (TPSA) is 200 Å². The minimum atomic E-state index is -1.78. The van der Waals surface area contributed by atoms with Crippen molar-refractivity contribution in [1.29, 1.82) is 0 Å². The van der Waals surface area contributed by atoms with E-state index < -0.39 is 64.9 Å². The molecule has 3 aromatic rings. The van der Waals surface area contributed by atoms with Crippen LogP contribution in [0.25, 0.3) is 22.3 Å². The molecular formula is C22H22O12. The van der Waals surface area contributed by atoms with Crippen LogP contribution in [0.1, 0.15) is 6.92 Å². The van der Waals surface area contributed by atoms with Crippen molar-refractivity contribution < 1.29 is 54.4 Å². The summed E-state index contributed by atoms with van der Waals surface area (Å²) >= 11 is 0. The van der Waals surface area contributed by atoms with E-state index in [0.717, 1.165) is 18.2 Å². The van der Waals surface area contributed by atoms with Crippen molar-refractivity contribution >= 4 is 11.0 Å². The lowest BCUT2D eigenvalue weighted by Crippen LogP contribution is -2.58. The number of hydrogen-bond donors (Lipinski definition) is 7. The molecule has 12 nitrogen and oxygen atoms in total. The number of fused-ring (bicyclic) bond motifs is 1. The summed E-state index contributed by atoms with van der Waals surface area (Å²) in [7, 11) is 1.33. The Balaban J connectivity index is 1.95. The third-order valence-corrected chi connectivity index (χ3v) is 5.52. The molecule has 1 aliphatic heterocycles. The molecule has 0 radical (unpaired) electrons. The molecular weight excluding hydrogens is 456 g/mol. The zero-order valence-corrected chi connectivity index (χ0v) is 17.9. The molecule has 2 aromatic carbocycles. The number of phenolic OH excluding ortho intramolecular Hbond substituents is 4. The first-order chi connectivity index (χ1) is 16.0. The van der Waals surface area contributed by atoms with Gasteiger partial charge in [0.2, 0.25) is 17.5 Å². The molecule has 182 valence electrons. The van der Waals surface area contributed by atoms with E-state index in [9.17, 15) is 40.5 Å². The average Bonchev–Trinajstić information content (AvgIpc) is 2.80. The maximum absolute atomic E-state index is 13.4. The predicted molar refractivity (Wildman–Crippen MR) is 114 cm³/mol. The third-order valence-electron chi connectivity index (χ3n) is 5.52. The Hall–Kier alpha value is -3.71. The minimum Gasteiger partial charge on any atom is -0.507 e. The second-order valence-corrected chi connectivity index (χ2v) is 7.77. The lowest BCUT2D eigenvalue weighted by molar-refractivity contribution is -0.268. The Bertz CT molecular complexity index is 1280. The van der Waals surface area contributed by atoms with Gasteiger partial charge in [-0.15, -0.1) is 0 Å². The lowest BCUT2D eigenvalue weighted by atomic mass is 10.00. The summed E-state index contributed by atoms with van der Waals surface area (Å²) < 4.78 is 21.8. The van der Waals surface area contributed by atoms with Crippen LogP contribution in [0.4, 0.5) is 0 Å². The van der Waals surface area contributed by atoms with Crippen LogP contribution in [0.5, 0.6) is 34.5 Å². The van der Waals surface area contributed by atoms with E-state index in [0.29, 0.717) is 0 Å². The first-order valence-corrected chi connectivity index (χ1v) is 10.0. The molecule has 2 heterocycles. The van der Waals surface area contributed by atoms with Crippen molar-refractivity contribution in [3.63, 3.8) is 0 Å². The van der Waals surface area contributed by atoms with Crippen LogP contribution in [0.3, 0.4) is 0 Å². The average molecular weight is 478 g/mol. The van der Waals surface area contributed by atoms with E-state index in [4.69, 9.17) is 18.6 Å². The fourth-order valence-corrected chi connectivity index (χ4v) is 3.63. The molecule has 0 aliphatic carbocycles. The summed E-state index contributed by atoms with van der Waals surface area (Å²) in [5, 5.41) is 70.0. The van der Waals surface area contributed by atoms with Crippen LogP contribution < -0.4 is 14.9 Å². The minimum absolute atomic E-state index is 0.122. The van der Waals surface area contributed by atoms with Gasteiger partial charge < -0.3 is 54.4 Å². The molecule has 1 aliphatic rings. The molecule has 34 heavy (non-hydrogen) atoms. The maximum Gasteiger partial charge on any atom is 0.239 e. The standard InChI is InChI=1S/C22H22O12/c1-7-15(26)18(29)19(30)22(32-7)34-21-17(28)14-10(23)5-9(31-2)6-13(14)33-20(21)8-3-11(24)16(27)12(25)4-8/h3-7,15,18-19,22-27,29-30H,1-2H3/t7-,15-,18+,19-,22-/m0/s1. The van der Waals surface area contributed by atoms with Gasteiger partial charge in [-0.2, -0.15) is 0 Å². The molecule has 12 heteroatoms. The van der Waals surface area contributed by atoms with Crippen molar-refractivity contribution in [3.8, 4) is 45.8 Å². The largest absolute Gasteiger partial charge is 0.507 e. The van der Waals surface area contributed by atoms with Crippen molar-refractivity contribution in [2.75, 3.05) is 7.11 Å². The van der Waals surface area contributed by atoms with Gasteiger partial charge in [0, 0.05) is 17.7 Å². The maximum atomic E-state index is 13.4. The summed E-state index contributed by atoms with van der Waals surface area (Å²) in [6, 6.07) is 4.42. The highest BCUT2D eigenvalue weighted by molar-refractivity contribution is 5.88. The first kappa shape index (κ1) is 23.4. The molecule has 1 aromatic heterocycles. The van der Waals surface area contributed by atoms with Crippen LogP contribution in [0, 0.1) is 0 Å².